The van der Waals surface area contributed by atoms with E-state index in [1.807, 2.05) is 6.07 Å². The van der Waals surface area contributed by atoms with Gasteiger partial charge in [0.2, 0.25) is 0 Å². The van der Waals surface area contributed by atoms with Crippen LogP contribution in [0, 0.1) is 0 Å². The molecule has 1 rings (SSSR count). The molecule has 0 aliphatic rings. The first-order chi connectivity index (χ1) is 7.69. The average molecular weight is 286 g/mol. The van der Waals surface area contributed by atoms with Crippen LogP contribution in [-0.4, -0.2) is 13.2 Å². The van der Waals surface area contributed by atoms with E-state index in [0.717, 1.165) is 29.8 Å². The van der Waals surface area contributed by atoms with Crippen molar-refractivity contribution in [1.82, 2.24) is 5.32 Å². The van der Waals surface area contributed by atoms with E-state index in [-0.39, 0.29) is 0 Å². The average Bonchev–Trinajstić information content (AvgIpc) is 2.26. The molecular weight excluding hydrogens is 266 g/mol. The van der Waals surface area contributed by atoms with Crippen molar-refractivity contribution in [3.05, 3.63) is 28.2 Å². The zero-order chi connectivity index (χ0) is 12.0. The minimum absolute atomic E-state index is 0.324. The maximum atomic E-state index is 5.76. The Kier molecular flexibility index (Phi) is 5.85. The molecule has 0 aliphatic heterocycles. The van der Waals surface area contributed by atoms with Gasteiger partial charge >= 0.3 is 0 Å². The molecule has 16 heavy (non-hydrogen) atoms. The summed E-state index contributed by atoms with van der Waals surface area (Å²) in [7, 11) is 0. The molecule has 90 valence electrons. The zero-order valence-electron chi connectivity index (χ0n) is 10.2. The van der Waals surface area contributed by atoms with Gasteiger partial charge in [0.05, 0.1) is 6.61 Å². The third-order valence-corrected chi connectivity index (χ3v) is 2.91. The zero-order valence-corrected chi connectivity index (χ0v) is 11.8. The van der Waals surface area contributed by atoms with Crippen LogP contribution in [0.25, 0.3) is 0 Å². The number of halogens is 1. The highest BCUT2D eigenvalue weighted by Gasteiger charge is 2.10. The molecule has 1 aromatic rings. The quantitative estimate of drug-likeness (QED) is 0.856. The van der Waals surface area contributed by atoms with Crippen LogP contribution in [0.4, 0.5) is 0 Å². The molecule has 0 saturated heterocycles. The molecule has 1 N–H and O–H groups in total. The van der Waals surface area contributed by atoms with Crippen LogP contribution in [0.15, 0.2) is 22.7 Å². The summed E-state index contributed by atoms with van der Waals surface area (Å²) in [5.74, 6) is 0.977. The first-order valence-corrected chi connectivity index (χ1v) is 6.64. The molecule has 1 atom stereocenters. The highest BCUT2D eigenvalue weighted by molar-refractivity contribution is 9.10. The Morgan fingerprint density at radius 1 is 1.38 bits per heavy atom. The topological polar surface area (TPSA) is 21.3 Å². The van der Waals surface area contributed by atoms with Gasteiger partial charge in [0, 0.05) is 16.1 Å². The van der Waals surface area contributed by atoms with E-state index < -0.39 is 0 Å². The molecule has 0 amide bonds. The van der Waals surface area contributed by atoms with Crippen molar-refractivity contribution in [2.75, 3.05) is 13.2 Å². The molecule has 0 bridgehead atoms. The van der Waals surface area contributed by atoms with Gasteiger partial charge in [-0.2, -0.15) is 0 Å². The van der Waals surface area contributed by atoms with E-state index in [1.165, 1.54) is 5.56 Å². The largest absolute Gasteiger partial charge is 0.493 e. The number of nitrogens with one attached hydrogen (secondary N) is 1. The van der Waals surface area contributed by atoms with Crippen molar-refractivity contribution >= 4 is 15.9 Å². The lowest BCUT2D eigenvalue weighted by Crippen LogP contribution is -2.18. The van der Waals surface area contributed by atoms with Gasteiger partial charge in [0.1, 0.15) is 5.75 Å². The van der Waals surface area contributed by atoms with Gasteiger partial charge in [-0.05, 0) is 32.0 Å². The van der Waals surface area contributed by atoms with E-state index in [9.17, 15) is 0 Å². The summed E-state index contributed by atoms with van der Waals surface area (Å²) in [6.07, 6.45) is 1.03. The maximum Gasteiger partial charge on any atom is 0.125 e. The standard InChI is InChI=1S/C13H20BrNO/c1-4-8-16-13-9-11(14)6-7-12(13)10(3)15-5-2/h6-7,9-10,15H,4-5,8H2,1-3H3. The van der Waals surface area contributed by atoms with Crippen LogP contribution < -0.4 is 10.1 Å². The number of hydrogen-bond acceptors (Lipinski definition) is 2. The van der Waals surface area contributed by atoms with E-state index >= 15 is 0 Å². The Labute approximate surface area is 107 Å². The molecule has 0 spiro atoms. The summed E-state index contributed by atoms with van der Waals surface area (Å²) < 4.78 is 6.83. The summed E-state index contributed by atoms with van der Waals surface area (Å²) in [5, 5.41) is 3.40. The Hall–Kier alpha value is -0.540. The highest BCUT2D eigenvalue weighted by Crippen LogP contribution is 2.28. The number of hydrogen-bond donors (Lipinski definition) is 1. The molecule has 0 radical (unpaired) electrons. The van der Waals surface area contributed by atoms with Crippen LogP contribution >= 0.6 is 15.9 Å². The summed E-state index contributed by atoms with van der Waals surface area (Å²) in [5.41, 5.74) is 1.22. The Morgan fingerprint density at radius 2 is 2.12 bits per heavy atom. The van der Waals surface area contributed by atoms with E-state index in [2.05, 4.69) is 54.2 Å². The van der Waals surface area contributed by atoms with E-state index in [0.29, 0.717) is 6.04 Å². The second kappa shape index (κ2) is 6.92. The van der Waals surface area contributed by atoms with Crippen molar-refractivity contribution in [1.29, 1.82) is 0 Å². The lowest BCUT2D eigenvalue weighted by molar-refractivity contribution is 0.311. The molecule has 3 heteroatoms. The van der Waals surface area contributed by atoms with Gasteiger partial charge in [0.15, 0.2) is 0 Å². The molecule has 0 saturated carbocycles. The van der Waals surface area contributed by atoms with E-state index in [1.54, 1.807) is 0 Å². The molecule has 1 aromatic carbocycles. The first kappa shape index (κ1) is 13.5. The minimum atomic E-state index is 0.324. The molecule has 0 aromatic heterocycles. The highest BCUT2D eigenvalue weighted by atomic mass is 79.9. The Balaban J connectivity index is 2.88. The van der Waals surface area contributed by atoms with Gasteiger partial charge in [-0.15, -0.1) is 0 Å². The van der Waals surface area contributed by atoms with Crippen molar-refractivity contribution in [2.24, 2.45) is 0 Å². The second-order valence-corrected chi connectivity index (χ2v) is 4.73. The minimum Gasteiger partial charge on any atom is -0.493 e. The monoisotopic (exact) mass is 285 g/mol. The van der Waals surface area contributed by atoms with Crippen molar-refractivity contribution in [3.63, 3.8) is 0 Å². The maximum absolute atomic E-state index is 5.76. The predicted octanol–water partition coefficient (Wildman–Crippen LogP) is 3.91. The van der Waals surface area contributed by atoms with Gasteiger partial charge in [-0.1, -0.05) is 35.8 Å². The van der Waals surface area contributed by atoms with Gasteiger partial charge in [-0.3, -0.25) is 0 Å². The molecular formula is C13H20BrNO. The van der Waals surface area contributed by atoms with E-state index in [4.69, 9.17) is 4.74 Å². The van der Waals surface area contributed by atoms with Gasteiger partial charge in [0.25, 0.3) is 0 Å². The van der Waals surface area contributed by atoms with Gasteiger partial charge < -0.3 is 10.1 Å². The fourth-order valence-electron chi connectivity index (χ4n) is 1.62. The second-order valence-electron chi connectivity index (χ2n) is 3.81. The molecule has 2 nitrogen and oxygen atoms in total. The van der Waals surface area contributed by atoms with Crippen molar-refractivity contribution in [3.8, 4) is 5.75 Å². The fourth-order valence-corrected chi connectivity index (χ4v) is 1.96. The Morgan fingerprint density at radius 3 is 2.75 bits per heavy atom. The van der Waals surface area contributed by atoms with Crippen LogP contribution in [0.1, 0.15) is 38.8 Å². The third kappa shape index (κ3) is 3.80. The lowest BCUT2D eigenvalue weighted by atomic mass is 10.1. The van der Waals surface area contributed by atoms with Crippen LogP contribution in [0.2, 0.25) is 0 Å². The fraction of sp³-hybridized carbons (Fsp3) is 0.538. The number of rotatable bonds is 6. The van der Waals surface area contributed by atoms with Crippen molar-refractivity contribution < 1.29 is 4.74 Å². The number of benzene rings is 1. The predicted molar refractivity (Wildman–Crippen MR) is 72.0 cm³/mol. The lowest BCUT2D eigenvalue weighted by Gasteiger charge is -2.17. The molecule has 1 unspecified atom stereocenters. The van der Waals surface area contributed by atoms with Crippen LogP contribution in [0.5, 0.6) is 5.75 Å². The molecule has 0 aliphatic carbocycles. The smallest absolute Gasteiger partial charge is 0.125 e. The summed E-state index contributed by atoms with van der Waals surface area (Å²) in [6, 6.07) is 6.54. The normalized spacial score (nSPS) is 12.5. The molecule has 0 heterocycles. The SMILES string of the molecule is CCCOc1cc(Br)ccc1C(C)NCC. The summed E-state index contributed by atoms with van der Waals surface area (Å²) >= 11 is 3.48. The number of ether oxygens (including phenoxy) is 1. The Bertz CT molecular complexity index is 328. The third-order valence-electron chi connectivity index (χ3n) is 2.41. The van der Waals surface area contributed by atoms with Crippen molar-refractivity contribution in [2.45, 2.75) is 33.2 Å². The van der Waals surface area contributed by atoms with Gasteiger partial charge in [-0.25, -0.2) is 0 Å². The first-order valence-electron chi connectivity index (χ1n) is 5.84. The van der Waals surface area contributed by atoms with Crippen LogP contribution in [0.3, 0.4) is 0 Å². The summed E-state index contributed by atoms with van der Waals surface area (Å²) in [6.45, 7) is 8.12. The van der Waals surface area contributed by atoms with Crippen LogP contribution in [-0.2, 0) is 0 Å². The summed E-state index contributed by atoms with van der Waals surface area (Å²) in [4.78, 5) is 0. The molecule has 0 fully saturated rings.